The fourth-order valence-corrected chi connectivity index (χ4v) is 4.25. The number of ether oxygens (including phenoxy) is 1. The molecule has 1 saturated carbocycles. The van der Waals surface area contributed by atoms with Gasteiger partial charge in [0.2, 0.25) is 0 Å². The number of rotatable bonds is 13. The molecule has 0 aromatic heterocycles. The second kappa shape index (κ2) is 13.5. The van der Waals surface area contributed by atoms with Crippen LogP contribution in [0.5, 0.6) is 0 Å². The Bertz CT molecular complexity index is 348. The number of carbonyl (C=O) groups is 1. The molecular weight excluding hydrogens is 296 g/mol. The van der Waals surface area contributed by atoms with Crippen molar-refractivity contribution in [2.24, 2.45) is 17.8 Å². The van der Waals surface area contributed by atoms with Crippen LogP contribution in [0.3, 0.4) is 0 Å². The fourth-order valence-electron chi connectivity index (χ4n) is 4.25. The number of unbranched alkanes of at least 4 members (excludes halogenated alkanes) is 5. The van der Waals surface area contributed by atoms with Crippen molar-refractivity contribution in [1.29, 1.82) is 0 Å². The van der Waals surface area contributed by atoms with Crippen LogP contribution < -0.4 is 0 Å². The van der Waals surface area contributed by atoms with Crippen LogP contribution in [0.1, 0.15) is 97.3 Å². The molecule has 0 bridgehead atoms. The van der Waals surface area contributed by atoms with Crippen LogP contribution in [0.2, 0.25) is 0 Å². The Labute approximate surface area is 150 Å². The molecule has 0 N–H and O–H groups in total. The average molecular weight is 337 g/mol. The van der Waals surface area contributed by atoms with E-state index in [0.717, 1.165) is 24.2 Å². The highest BCUT2D eigenvalue weighted by atomic mass is 16.5. The summed E-state index contributed by atoms with van der Waals surface area (Å²) in [5.74, 6) is 2.48. The van der Waals surface area contributed by atoms with E-state index in [-0.39, 0.29) is 5.97 Å². The zero-order valence-electron chi connectivity index (χ0n) is 16.4. The normalized spacial score (nSPS) is 22.1. The third-order valence-corrected chi connectivity index (χ3v) is 5.73. The standard InChI is InChI=1S/C22H40O2/c1-4-5-6-7-8-9-14-20-15-12-16-21(20)18-19(2)13-10-11-17-22(23)24-3/h11,17,19-21H,4-10,12-16,18H2,1-3H3/t19?,20-,21+/m0/s1. The van der Waals surface area contributed by atoms with E-state index in [9.17, 15) is 4.79 Å². The Morgan fingerprint density at radius 2 is 1.83 bits per heavy atom. The van der Waals surface area contributed by atoms with Gasteiger partial charge < -0.3 is 4.74 Å². The van der Waals surface area contributed by atoms with Crippen molar-refractivity contribution in [3.8, 4) is 0 Å². The monoisotopic (exact) mass is 336 g/mol. The van der Waals surface area contributed by atoms with Crippen LogP contribution in [0, 0.1) is 17.8 Å². The first-order valence-electron chi connectivity index (χ1n) is 10.4. The SMILES string of the molecule is CCCCCCCC[C@H]1CCC[C@@H]1CC(C)CCC=CC(=O)OC. The molecule has 1 unspecified atom stereocenters. The number of esters is 1. The van der Waals surface area contributed by atoms with E-state index in [4.69, 9.17) is 0 Å². The molecule has 3 atom stereocenters. The first kappa shape index (κ1) is 21.3. The highest BCUT2D eigenvalue weighted by molar-refractivity contribution is 5.81. The van der Waals surface area contributed by atoms with E-state index in [1.165, 1.54) is 84.2 Å². The lowest BCUT2D eigenvalue weighted by atomic mass is 9.83. The van der Waals surface area contributed by atoms with Gasteiger partial charge in [-0.2, -0.15) is 0 Å². The largest absolute Gasteiger partial charge is 0.466 e. The number of methoxy groups -OCH3 is 1. The van der Waals surface area contributed by atoms with Gasteiger partial charge in [0.05, 0.1) is 7.11 Å². The quantitative estimate of drug-likeness (QED) is 0.213. The lowest BCUT2D eigenvalue weighted by Crippen LogP contribution is -2.12. The van der Waals surface area contributed by atoms with Crippen LogP contribution in [-0.4, -0.2) is 13.1 Å². The van der Waals surface area contributed by atoms with Gasteiger partial charge in [-0.15, -0.1) is 0 Å². The summed E-state index contributed by atoms with van der Waals surface area (Å²) in [5, 5.41) is 0. The van der Waals surface area contributed by atoms with Crippen molar-refractivity contribution in [3.63, 3.8) is 0 Å². The van der Waals surface area contributed by atoms with Crippen molar-refractivity contribution in [3.05, 3.63) is 12.2 Å². The Kier molecular flexibility index (Phi) is 12.0. The fraction of sp³-hybridized carbons (Fsp3) is 0.864. The molecule has 24 heavy (non-hydrogen) atoms. The van der Waals surface area contributed by atoms with Crippen LogP contribution >= 0.6 is 0 Å². The van der Waals surface area contributed by atoms with Gasteiger partial charge in [0, 0.05) is 6.08 Å². The molecule has 0 aromatic carbocycles. The molecule has 0 aromatic rings. The van der Waals surface area contributed by atoms with Gasteiger partial charge in [0.15, 0.2) is 0 Å². The van der Waals surface area contributed by atoms with Crippen molar-refractivity contribution in [2.75, 3.05) is 7.11 Å². The van der Waals surface area contributed by atoms with Crippen molar-refractivity contribution in [2.45, 2.75) is 97.3 Å². The summed E-state index contributed by atoms with van der Waals surface area (Å²) in [5.41, 5.74) is 0. The smallest absolute Gasteiger partial charge is 0.330 e. The molecule has 1 fully saturated rings. The minimum Gasteiger partial charge on any atom is -0.466 e. The summed E-state index contributed by atoms with van der Waals surface area (Å²) in [7, 11) is 1.43. The summed E-state index contributed by atoms with van der Waals surface area (Å²) in [6.07, 6.45) is 21.4. The Morgan fingerprint density at radius 1 is 1.12 bits per heavy atom. The minimum atomic E-state index is -0.238. The summed E-state index contributed by atoms with van der Waals surface area (Å²) >= 11 is 0. The lowest BCUT2D eigenvalue weighted by molar-refractivity contribution is -0.134. The molecule has 1 aliphatic carbocycles. The molecule has 0 heterocycles. The summed E-state index contributed by atoms with van der Waals surface area (Å²) < 4.78 is 4.62. The topological polar surface area (TPSA) is 26.3 Å². The predicted molar refractivity (Wildman–Crippen MR) is 103 cm³/mol. The van der Waals surface area contributed by atoms with Gasteiger partial charge >= 0.3 is 5.97 Å². The zero-order valence-corrected chi connectivity index (χ0v) is 16.4. The molecule has 0 spiro atoms. The Balaban J connectivity index is 2.15. The first-order valence-corrected chi connectivity index (χ1v) is 10.4. The number of hydrogen-bond donors (Lipinski definition) is 0. The second-order valence-electron chi connectivity index (χ2n) is 7.85. The molecule has 0 saturated heterocycles. The Morgan fingerprint density at radius 3 is 2.58 bits per heavy atom. The van der Waals surface area contributed by atoms with E-state index in [0.29, 0.717) is 0 Å². The average Bonchev–Trinajstić information content (AvgIpc) is 3.01. The maximum absolute atomic E-state index is 11.1. The van der Waals surface area contributed by atoms with Crippen molar-refractivity contribution in [1.82, 2.24) is 0 Å². The lowest BCUT2D eigenvalue weighted by Gasteiger charge is -2.23. The molecule has 1 rings (SSSR count). The van der Waals surface area contributed by atoms with Crippen molar-refractivity contribution < 1.29 is 9.53 Å². The third kappa shape index (κ3) is 9.49. The number of hydrogen-bond acceptors (Lipinski definition) is 2. The summed E-state index contributed by atoms with van der Waals surface area (Å²) in [6, 6.07) is 0. The highest BCUT2D eigenvalue weighted by Crippen LogP contribution is 2.39. The second-order valence-corrected chi connectivity index (χ2v) is 7.85. The van der Waals surface area contributed by atoms with Crippen LogP contribution in [-0.2, 0) is 9.53 Å². The molecular formula is C22H40O2. The highest BCUT2D eigenvalue weighted by Gasteiger charge is 2.27. The zero-order chi connectivity index (χ0) is 17.6. The van der Waals surface area contributed by atoms with Gasteiger partial charge in [-0.3, -0.25) is 0 Å². The molecule has 2 heteroatoms. The van der Waals surface area contributed by atoms with Crippen LogP contribution in [0.15, 0.2) is 12.2 Å². The van der Waals surface area contributed by atoms with Crippen LogP contribution in [0.4, 0.5) is 0 Å². The van der Waals surface area contributed by atoms with E-state index in [1.54, 1.807) is 6.08 Å². The van der Waals surface area contributed by atoms with Gasteiger partial charge in [0.1, 0.15) is 0 Å². The molecule has 2 nitrogen and oxygen atoms in total. The summed E-state index contributed by atoms with van der Waals surface area (Å²) in [6.45, 7) is 4.67. The van der Waals surface area contributed by atoms with Gasteiger partial charge in [-0.1, -0.05) is 84.1 Å². The number of allylic oxidation sites excluding steroid dienone is 1. The van der Waals surface area contributed by atoms with Gasteiger partial charge in [-0.05, 0) is 37.0 Å². The third-order valence-electron chi connectivity index (χ3n) is 5.73. The maximum atomic E-state index is 11.1. The van der Waals surface area contributed by atoms with E-state index < -0.39 is 0 Å². The van der Waals surface area contributed by atoms with Gasteiger partial charge in [0.25, 0.3) is 0 Å². The molecule has 1 aliphatic rings. The summed E-state index contributed by atoms with van der Waals surface area (Å²) in [4.78, 5) is 11.1. The van der Waals surface area contributed by atoms with E-state index in [1.807, 2.05) is 6.08 Å². The predicted octanol–water partition coefficient (Wildman–Crippen LogP) is 6.69. The van der Waals surface area contributed by atoms with E-state index >= 15 is 0 Å². The first-order chi connectivity index (χ1) is 11.7. The van der Waals surface area contributed by atoms with Gasteiger partial charge in [-0.25, -0.2) is 4.79 Å². The maximum Gasteiger partial charge on any atom is 0.330 e. The minimum absolute atomic E-state index is 0.238. The van der Waals surface area contributed by atoms with E-state index in [2.05, 4.69) is 18.6 Å². The molecule has 140 valence electrons. The van der Waals surface area contributed by atoms with Crippen molar-refractivity contribution >= 4 is 5.97 Å². The van der Waals surface area contributed by atoms with Crippen LogP contribution in [0.25, 0.3) is 0 Å². The molecule has 0 aliphatic heterocycles. The Hall–Kier alpha value is -0.790. The molecule has 0 radical (unpaired) electrons. The molecule has 0 amide bonds. The number of carbonyl (C=O) groups excluding carboxylic acids is 1.